The summed E-state index contributed by atoms with van der Waals surface area (Å²) in [7, 11) is 0. The molecule has 3 heteroatoms. The predicted octanol–water partition coefficient (Wildman–Crippen LogP) is 3.55. The van der Waals surface area contributed by atoms with Gasteiger partial charge in [0.15, 0.2) is 0 Å². The van der Waals surface area contributed by atoms with Crippen molar-refractivity contribution in [2.75, 3.05) is 6.54 Å². The fourth-order valence-electron chi connectivity index (χ4n) is 2.68. The lowest BCUT2D eigenvalue weighted by molar-refractivity contribution is -0.122. The van der Waals surface area contributed by atoms with Crippen LogP contribution >= 0.6 is 0 Å². The van der Waals surface area contributed by atoms with E-state index in [1.54, 1.807) is 0 Å². The van der Waals surface area contributed by atoms with Gasteiger partial charge in [-0.15, -0.1) is 0 Å². The third-order valence-electron chi connectivity index (χ3n) is 4.25. The molecule has 3 N–H and O–H groups in total. The molecule has 2 aromatic carbocycles. The molecule has 0 radical (unpaired) electrons. The van der Waals surface area contributed by atoms with Crippen LogP contribution in [0.2, 0.25) is 0 Å². The zero-order valence-electron chi connectivity index (χ0n) is 14.1. The number of hydrogen-bond acceptors (Lipinski definition) is 2. The van der Waals surface area contributed by atoms with Gasteiger partial charge in [-0.1, -0.05) is 74.0 Å². The minimum Gasteiger partial charge on any atom is -0.354 e. The Morgan fingerprint density at radius 2 is 1.61 bits per heavy atom. The topological polar surface area (TPSA) is 55.1 Å². The van der Waals surface area contributed by atoms with Crippen molar-refractivity contribution in [3.05, 3.63) is 71.3 Å². The molecule has 0 aromatic heterocycles. The second kappa shape index (κ2) is 7.93. The number of carbonyl (C=O) groups excluding carboxylic acids is 1. The molecule has 0 heterocycles. The minimum absolute atomic E-state index is 0.129. The van der Waals surface area contributed by atoms with Crippen molar-refractivity contribution in [2.24, 2.45) is 11.7 Å². The first-order valence-electron chi connectivity index (χ1n) is 8.14. The quantitative estimate of drug-likeness (QED) is 0.857. The molecule has 0 aliphatic rings. The molecule has 23 heavy (non-hydrogen) atoms. The lowest BCUT2D eigenvalue weighted by atomic mass is 9.88. The van der Waals surface area contributed by atoms with E-state index in [9.17, 15) is 4.79 Å². The molecule has 0 aliphatic heterocycles. The van der Waals surface area contributed by atoms with Crippen molar-refractivity contribution >= 4 is 5.91 Å². The standard InChI is InChI=1S/C20H26N2O/c1-14(2)18(16-7-5-4-6-8-16)13-22-20(23)19(21)17-11-9-15(3)10-12-17/h4-12,14,18-19H,13,21H2,1-3H3,(H,22,23). The number of rotatable bonds is 6. The van der Waals surface area contributed by atoms with E-state index in [1.807, 2.05) is 49.4 Å². The van der Waals surface area contributed by atoms with Crippen LogP contribution in [0.3, 0.4) is 0 Å². The summed E-state index contributed by atoms with van der Waals surface area (Å²) < 4.78 is 0. The average molecular weight is 310 g/mol. The summed E-state index contributed by atoms with van der Waals surface area (Å²) in [6, 6.07) is 17.4. The Kier molecular flexibility index (Phi) is 5.94. The van der Waals surface area contributed by atoms with Crippen LogP contribution in [0.25, 0.3) is 0 Å². The average Bonchev–Trinajstić information content (AvgIpc) is 2.55. The largest absolute Gasteiger partial charge is 0.354 e. The molecule has 0 fully saturated rings. The molecule has 0 saturated heterocycles. The van der Waals surface area contributed by atoms with Crippen LogP contribution in [-0.4, -0.2) is 12.5 Å². The number of carbonyl (C=O) groups is 1. The Balaban J connectivity index is 2.00. The third kappa shape index (κ3) is 4.67. The van der Waals surface area contributed by atoms with E-state index in [0.29, 0.717) is 12.5 Å². The van der Waals surface area contributed by atoms with Gasteiger partial charge in [-0.2, -0.15) is 0 Å². The van der Waals surface area contributed by atoms with Crippen molar-refractivity contribution in [1.29, 1.82) is 0 Å². The third-order valence-corrected chi connectivity index (χ3v) is 4.25. The Morgan fingerprint density at radius 3 is 2.17 bits per heavy atom. The molecule has 1 amide bonds. The highest BCUT2D eigenvalue weighted by atomic mass is 16.2. The Labute approximate surface area is 138 Å². The smallest absolute Gasteiger partial charge is 0.241 e. The van der Waals surface area contributed by atoms with Crippen molar-refractivity contribution in [3.8, 4) is 0 Å². The molecule has 122 valence electrons. The van der Waals surface area contributed by atoms with E-state index in [1.165, 1.54) is 5.56 Å². The summed E-state index contributed by atoms with van der Waals surface area (Å²) in [5, 5.41) is 3.01. The molecule has 0 aliphatic carbocycles. The van der Waals surface area contributed by atoms with E-state index in [0.717, 1.165) is 11.1 Å². The minimum atomic E-state index is -0.626. The van der Waals surface area contributed by atoms with E-state index >= 15 is 0 Å². The number of hydrogen-bond donors (Lipinski definition) is 2. The molecule has 2 unspecified atom stereocenters. The van der Waals surface area contributed by atoms with Crippen LogP contribution < -0.4 is 11.1 Å². The van der Waals surface area contributed by atoms with Crippen molar-refractivity contribution in [3.63, 3.8) is 0 Å². The van der Waals surface area contributed by atoms with Crippen molar-refractivity contribution in [1.82, 2.24) is 5.32 Å². The molecule has 0 bridgehead atoms. The van der Waals surface area contributed by atoms with Gasteiger partial charge in [0.05, 0.1) is 0 Å². The highest BCUT2D eigenvalue weighted by Gasteiger charge is 2.20. The number of aryl methyl sites for hydroxylation is 1. The number of nitrogens with two attached hydrogens (primary N) is 1. The molecule has 3 nitrogen and oxygen atoms in total. The van der Waals surface area contributed by atoms with E-state index in [4.69, 9.17) is 5.73 Å². The molecular weight excluding hydrogens is 284 g/mol. The van der Waals surface area contributed by atoms with Crippen LogP contribution in [0, 0.1) is 12.8 Å². The SMILES string of the molecule is Cc1ccc(C(N)C(=O)NCC(c2ccccc2)C(C)C)cc1. The Bertz CT molecular complexity index is 620. The summed E-state index contributed by atoms with van der Waals surface area (Å²) in [6.07, 6.45) is 0. The van der Waals surface area contributed by atoms with Gasteiger partial charge in [0.25, 0.3) is 0 Å². The van der Waals surface area contributed by atoms with Gasteiger partial charge in [0, 0.05) is 12.5 Å². The van der Waals surface area contributed by atoms with Crippen LogP contribution in [0.1, 0.15) is 42.5 Å². The van der Waals surface area contributed by atoms with Crippen LogP contribution in [-0.2, 0) is 4.79 Å². The molecular formula is C20H26N2O. The van der Waals surface area contributed by atoms with Gasteiger partial charge in [-0.3, -0.25) is 4.79 Å². The lowest BCUT2D eigenvalue weighted by Crippen LogP contribution is -2.37. The summed E-state index contributed by atoms with van der Waals surface area (Å²) in [5.41, 5.74) is 9.32. The van der Waals surface area contributed by atoms with Crippen LogP contribution in [0.5, 0.6) is 0 Å². The molecule has 2 aromatic rings. The summed E-state index contributed by atoms with van der Waals surface area (Å²) >= 11 is 0. The van der Waals surface area contributed by atoms with Crippen LogP contribution in [0.15, 0.2) is 54.6 Å². The number of nitrogens with one attached hydrogen (secondary N) is 1. The van der Waals surface area contributed by atoms with Crippen molar-refractivity contribution < 1.29 is 4.79 Å². The van der Waals surface area contributed by atoms with E-state index in [2.05, 4.69) is 31.3 Å². The van der Waals surface area contributed by atoms with Gasteiger partial charge in [0.1, 0.15) is 6.04 Å². The summed E-state index contributed by atoms with van der Waals surface area (Å²) in [4.78, 5) is 12.4. The maximum absolute atomic E-state index is 12.4. The predicted molar refractivity (Wildman–Crippen MR) is 95.1 cm³/mol. The van der Waals surface area contributed by atoms with Gasteiger partial charge < -0.3 is 11.1 Å². The van der Waals surface area contributed by atoms with Gasteiger partial charge in [-0.25, -0.2) is 0 Å². The Morgan fingerprint density at radius 1 is 1.00 bits per heavy atom. The summed E-state index contributed by atoms with van der Waals surface area (Å²) in [6.45, 7) is 6.95. The highest BCUT2D eigenvalue weighted by Crippen LogP contribution is 2.23. The first kappa shape index (κ1) is 17.2. The first-order valence-corrected chi connectivity index (χ1v) is 8.14. The van der Waals surface area contributed by atoms with Gasteiger partial charge in [0.2, 0.25) is 5.91 Å². The maximum Gasteiger partial charge on any atom is 0.241 e. The summed E-state index contributed by atoms with van der Waals surface area (Å²) in [5.74, 6) is 0.592. The normalized spacial score (nSPS) is 13.6. The monoisotopic (exact) mass is 310 g/mol. The molecule has 0 spiro atoms. The van der Waals surface area contributed by atoms with Crippen molar-refractivity contribution in [2.45, 2.75) is 32.7 Å². The van der Waals surface area contributed by atoms with Gasteiger partial charge in [-0.05, 0) is 24.0 Å². The Hall–Kier alpha value is -2.13. The highest BCUT2D eigenvalue weighted by molar-refractivity contribution is 5.83. The maximum atomic E-state index is 12.4. The van der Waals surface area contributed by atoms with Crippen LogP contribution in [0.4, 0.5) is 0 Å². The van der Waals surface area contributed by atoms with E-state index < -0.39 is 6.04 Å². The van der Waals surface area contributed by atoms with Gasteiger partial charge >= 0.3 is 0 Å². The number of benzene rings is 2. The zero-order chi connectivity index (χ0) is 16.8. The molecule has 2 atom stereocenters. The van der Waals surface area contributed by atoms with E-state index in [-0.39, 0.29) is 11.8 Å². The first-order chi connectivity index (χ1) is 11.0. The fraction of sp³-hybridized carbons (Fsp3) is 0.350. The second-order valence-corrected chi connectivity index (χ2v) is 6.39. The molecule has 0 saturated carbocycles. The molecule has 2 rings (SSSR count). The lowest BCUT2D eigenvalue weighted by Gasteiger charge is -2.23. The fourth-order valence-corrected chi connectivity index (χ4v) is 2.68. The number of amides is 1. The zero-order valence-corrected chi connectivity index (χ0v) is 14.1. The second-order valence-electron chi connectivity index (χ2n) is 6.39.